The van der Waals surface area contributed by atoms with Gasteiger partial charge in [-0.1, -0.05) is 0 Å². The number of nitrogens with one attached hydrogen (secondary N) is 1. The van der Waals surface area contributed by atoms with Crippen LogP contribution in [0.15, 0.2) is 0 Å². The van der Waals surface area contributed by atoms with Gasteiger partial charge in [0.05, 0.1) is 6.61 Å². The fourth-order valence-electron chi connectivity index (χ4n) is 1.57. The molecule has 0 bridgehead atoms. The van der Waals surface area contributed by atoms with Crippen molar-refractivity contribution in [1.29, 1.82) is 0 Å². The molecule has 0 aliphatic rings. The van der Waals surface area contributed by atoms with Crippen molar-refractivity contribution in [2.75, 3.05) is 25.6 Å². The lowest BCUT2D eigenvalue weighted by Crippen LogP contribution is -2.09. The van der Waals surface area contributed by atoms with Crippen molar-refractivity contribution in [3.8, 4) is 0 Å². The lowest BCUT2D eigenvalue weighted by atomic mass is 10.4. The number of methoxy groups -OCH3 is 1. The molecule has 0 aliphatic heterocycles. The molecule has 2 aromatic heterocycles. The molecule has 0 atom stereocenters. The first kappa shape index (κ1) is 13.9. The maximum absolute atomic E-state index is 5.00. The summed E-state index contributed by atoms with van der Waals surface area (Å²) in [4.78, 5) is 4.38. The monoisotopic (exact) mass is 282 g/mol. The molecule has 7 nitrogen and oxygen atoms in total. The van der Waals surface area contributed by atoms with Gasteiger partial charge < -0.3 is 14.6 Å². The molecule has 8 heteroatoms. The Kier molecular flexibility index (Phi) is 4.80. The Hall–Kier alpha value is -1.54. The van der Waals surface area contributed by atoms with E-state index in [2.05, 4.69) is 24.9 Å². The Labute approximate surface area is 116 Å². The van der Waals surface area contributed by atoms with Crippen LogP contribution in [-0.4, -0.2) is 44.4 Å². The van der Waals surface area contributed by atoms with E-state index in [-0.39, 0.29) is 0 Å². The van der Waals surface area contributed by atoms with E-state index >= 15 is 0 Å². The summed E-state index contributed by atoms with van der Waals surface area (Å²) in [6.07, 6.45) is 1.56. The predicted octanol–water partition coefficient (Wildman–Crippen LogP) is 0.819. The fraction of sp³-hybridized carbons (Fsp3) is 0.636. The lowest BCUT2D eigenvalue weighted by Gasteiger charge is -2.02. The zero-order chi connectivity index (χ0) is 13.7. The van der Waals surface area contributed by atoms with Crippen molar-refractivity contribution >= 4 is 16.7 Å². The largest absolute Gasteiger partial charge is 0.384 e. The van der Waals surface area contributed by atoms with Crippen LogP contribution < -0.4 is 5.32 Å². The molecular formula is C11H18N6OS. The first-order valence-corrected chi connectivity index (χ1v) is 6.88. The highest BCUT2D eigenvalue weighted by atomic mass is 32.1. The zero-order valence-electron chi connectivity index (χ0n) is 11.4. The number of hydrogen-bond donors (Lipinski definition) is 1. The molecule has 104 valence electrons. The topological polar surface area (TPSA) is 77.8 Å². The van der Waals surface area contributed by atoms with Crippen LogP contribution in [-0.2, 0) is 24.6 Å². The average molecular weight is 282 g/mol. The smallest absolute Gasteiger partial charge is 0.202 e. The Morgan fingerprint density at radius 3 is 2.84 bits per heavy atom. The van der Waals surface area contributed by atoms with Crippen LogP contribution in [0.4, 0.5) is 5.13 Å². The quantitative estimate of drug-likeness (QED) is 0.810. The van der Waals surface area contributed by atoms with Crippen molar-refractivity contribution < 1.29 is 4.74 Å². The molecule has 0 aromatic carbocycles. The SMILES string of the molecule is COCCc1nsc(NCCc2nnc(C)n2C)n1. The maximum Gasteiger partial charge on any atom is 0.202 e. The van der Waals surface area contributed by atoms with E-state index < -0.39 is 0 Å². The van der Waals surface area contributed by atoms with Crippen LogP contribution in [0, 0.1) is 6.92 Å². The van der Waals surface area contributed by atoms with Crippen LogP contribution >= 0.6 is 11.5 Å². The van der Waals surface area contributed by atoms with Gasteiger partial charge in [-0.15, -0.1) is 10.2 Å². The minimum atomic E-state index is 0.647. The zero-order valence-corrected chi connectivity index (χ0v) is 12.2. The van der Waals surface area contributed by atoms with E-state index in [1.807, 2.05) is 18.5 Å². The van der Waals surface area contributed by atoms with E-state index in [9.17, 15) is 0 Å². The van der Waals surface area contributed by atoms with Crippen molar-refractivity contribution in [1.82, 2.24) is 24.1 Å². The van der Waals surface area contributed by atoms with Gasteiger partial charge in [-0.05, 0) is 6.92 Å². The van der Waals surface area contributed by atoms with Crippen molar-refractivity contribution in [3.05, 3.63) is 17.5 Å². The molecule has 0 unspecified atom stereocenters. The highest BCUT2D eigenvalue weighted by molar-refractivity contribution is 7.09. The number of aromatic nitrogens is 5. The molecule has 19 heavy (non-hydrogen) atoms. The molecule has 0 amide bonds. The number of rotatable bonds is 7. The standard InChI is InChI=1S/C11H18N6OS/c1-8-14-15-10(17(8)2)4-6-12-11-13-9(16-19-11)5-7-18-3/h4-7H2,1-3H3,(H,12,13,16). The number of anilines is 1. The molecule has 0 aliphatic carbocycles. The number of aryl methyl sites for hydroxylation is 1. The summed E-state index contributed by atoms with van der Waals surface area (Å²) in [6, 6.07) is 0. The summed E-state index contributed by atoms with van der Waals surface area (Å²) >= 11 is 1.37. The summed E-state index contributed by atoms with van der Waals surface area (Å²) in [5.74, 6) is 2.71. The molecule has 2 heterocycles. The van der Waals surface area contributed by atoms with E-state index in [1.165, 1.54) is 11.5 Å². The van der Waals surface area contributed by atoms with E-state index in [1.54, 1.807) is 7.11 Å². The third-order valence-corrected chi connectivity index (χ3v) is 3.52. The second-order valence-corrected chi connectivity index (χ2v) is 4.91. The number of hydrogen-bond acceptors (Lipinski definition) is 7. The van der Waals surface area contributed by atoms with Crippen LogP contribution in [0.3, 0.4) is 0 Å². The van der Waals surface area contributed by atoms with Gasteiger partial charge in [0.1, 0.15) is 17.5 Å². The fourth-order valence-corrected chi connectivity index (χ4v) is 2.21. The van der Waals surface area contributed by atoms with Gasteiger partial charge in [0, 0.05) is 45.1 Å². The van der Waals surface area contributed by atoms with Gasteiger partial charge in [-0.2, -0.15) is 4.37 Å². The highest BCUT2D eigenvalue weighted by Crippen LogP contribution is 2.11. The number of ether oxygens (including phenoxy) is 1. The van der Waals surface area contributed by atoms with Crippen LogP contribution in [0.1, 0.15) is 17.5 Å². The summed E-state index contributed by atoms with van der Waals surface area (Å²) in [6.45, 7) is 3.36. The predicted molar refractivity (Wildman–Crippen MR) is 73.4 cm³/mol. The van der Waals surface area contributed by atoms with Crippen molar-refractivity contribution in [2.45, 2.75) is 19.8 Å². The van der Waals surface area contributed by atoms with Gasteiger partial charge in [0.15, 0.2) is 0 Å². The van der Waals surface area contributed by atoms with E-state index in [4.69, 9.17) is 4.74 Å². The van der Waals surface area contributed by atoms with Gasteiger partial charge in [-0.25, -0.2) is 4.98 Å². The van der Waals surface area contributed by atoms with Crippen molar-refractivity contribution in [3.63, 3.8) is 0 Å². The second kappa shape index (κ2) is 6.58. The molecule has 2 rings (SSSR count). The summed E-state index contributed by atoms with van der Waals surface area (Å²) in [7, 11) is 3.65. The first-order valence-electron chi connectivity index (χ1n) is 6.11. The van der Waals surface area contributed by atoms with Crippen LogP contribution in [0.2, 0.25) is 0 Å². The summed E-state index contributed by atoms with van der Waals surface area (Å²) in [5.41, 5.74) is 0. The molecule has 2 aromatic rings. The van der Waals surface area contributed by atoms with Gasteiger partial charge in [-0.3, -0.25) is 0 Å². The third kappa shape index (κ3) is 3.71. The normalized spacial score (nSPS) is 10.9. The van der Waals surface area contributed by atoms with E-state index in [0.717, 1.165) is 42.0 Å². The molecule has 0 fully saturated rings. The highest BCUT2D eigenvalue weighted by Gasteiger charge is 2.06. The lowest BCUT2D eigenvalue weighted by molar-refractivity contribution is 0.201. The number of nitrogens with zero attached hydrogens (tertiary/aromatic N) is 5. The first-order chi connectivity index (χ1) is 9.20. The summed E-state index contributed by atoms with van der Waals surface area (Å²) in [5, 5.41) is 12.2. The van der Waals surface area contributed by atoms with Crippen LogP contribution in [0.25, 0.3) is 0 Å². The molecule has 0 spiro atoms. The molecule has 0 saturated heterocycles. The van der Waals surface area contributed by atoms with Gasteiger partial charge in [0.2, 0.25) is 5.13 Å². The Balaban J connectivity index is 1.79. The maximum atomic E-state index is 5.00. The van der Waals surface area contributed by atoms with Crippen LogP contribution in [0.5, 0.6) is 0 Å². The molecule has 1 N–H and O–H groups in total. The third-order valence-electron chi connectivity index (χ3n) is 2.81. The summed E-state index contributed by atoms with van der Waals surface area (Å²) < 4.78 is 11.2. The van der Waals surface area contributed by atoms with Crippen molar-refractivity contribution in [2.24, 2.45) is 7.05 Å². The van der Waals surface area contributed by atoms with Gasteiger partial charge >= 0.3 is 0 Å². The Bertz CT molecular complexity index is 523. The molecule has 0 saturated carbocycles. The minimum absolute atomic E-state index is 0.647. The van der Waals surface area contributed by atoms with Gasteiger partial charge in [0.25, 0.3) is 0 Å². The van der Waals surface area contributed by atoms with E-state index in [0.29, 0.717) is 6.61 Å². The minimum Gasteiger partial charge on any atom is -0.384 e. The molecule has 0 radical (unpaired) electrons. The molecular weight excluding hydrogens is 264 g/mol. The average Bonchev–Trinajstić information content (AvgIpc) is 2.98. The second-order valence-electron chi connectivity index (χ2n) is 4.16. The Morgan fingerprint density at radius 2 is 2.16 bits per heavy atom. The Morgan fingerprint density at radius 1 is 1.32 bits per heavy atom.